The summed E-state index contributed by atoms with van der Waals surface area (Å²) in [6.07, 6.45) is 3.18. The van der Waals surface area contributed by atoms with Crippen molar-refractivity contribution in [2.75, 3.05) is 51.0 Å². The number of carbonyl (C=O) groups is 1. The van der Waals surface area contributed by atoms with Crippen LogP contribution in [-0.2, 0) is 15.9 Å². The van der Waals surface area contributed by atoms with Crippen LogP contribution in [0.1, 0.15) is 64.5 Å². The molecule has 5 rings (SSSR count). The lowest BCUT2D eigenvalue weighted by molar-refractivity contribution is -0.0375. The Morgan fingerprint density at radius 2 is 1.87 bits per heavy atom. The van der Waals surface area contributed by atoms with Gasteiger partial charge in [0.25, 0.3) is 5.56 Å². The second-order valence-corrected chi connectivity index (χ2v) is 11.2. The van der Waals surface area contributed by atoms with Crippen LogP contribution in [0.25, 0.3) is 0 Å². The van der Waals surface area contributed by atoms with Crippen molar-refractivity contribution in [2.45, 2.75) is 71.6 Å². The molecule has 1 unspecified atom stereocenters. The monoisotopic (exact) mass is 538 g/mol. The molecule has 1 aliphatic carbocycles. The van der Waals surface area contributed by atoms with E-state index in [1.54, 1.807) is 6.07 Å². The highest BCUT2D eigenvalue weighted by Gasteiger charge is 2.37. The number of amides is 1. The average Bonchev–Trinajstić information content (AvgIpc) is 3.41. The van der Waals surface area contributed by atoms with E-state index in [4.69, 9.17) is 19.9 Å². The molecular formula is C30H42N4O5. The van der Waals surface area contributed by atoms with E-state index in [0.717, 1.165) is 80.2 Å². The maximum atomic E-state index is 13.1. The molecule has 3 heterocycles. The van der Waals surface area contributed by atoms with Gasteiger partial charge in [-0.05, 0) is 57.4 Å². The van der Waals surface area contributed by atoms with Crippen molar-refractivity contribution in [3.8, 4) is 5.75 Å². The van der Waals surface area contributed by atoms with Gasteiger partial charge < -0.3 is 29.8 Å². The summed E-state index contributed by atoms with van der Waals surface area (Å²) in [5.74, 6) is 0.166. The lowest BCUT2D eigenvalue weighted by atomic mass is 9.87. The van der Waals surface area contributed by atoms with Gasteiger partial charge >= 0.3 is 0 Å². The van der Waals surface area contributed by atoms with Crippen LogP contribution < -0.4 is 20.9 Å². The van der Waals surface area contributed by atoms with Gasteiger partial charge in [0.05, 0.1) is 25.9 Å². The number of anilines is 1. The highest BCUT2D eigenvalue weighted by molar-refractivity contribution is 5.97. The third-order valence-electron chi connectivity index (χ3n) is 8.63. The summed E-state index contributed by atoms with van der Waals surface area (Å²) in [5, 5.41) is 0. The molecule has 212 valence electrons. The second kappa shape index (κ2) is 11.7. The minimum absolute atomic E-state index is 0.0372. The molecule has 2 aliphatic heterocycles. The van der Waals surface area contributed by atoms with Gasteiger partial charge in [0.15, 0.2) is 0 Å². The molecule has 0 bridgehead atoms. The maximum Gasteiger partial charge on any atom is 0.251 e. The molecule has 3 N–H and O–H groups in total. The molecule has 1 saturated carbocycles. The second-order valence-electron chi connectivity index (χ2n) is 11.2. The van der Waals surface area contributed by atoms with Crippen LogP contribution >= 0.6 is 0 Å². The Balaban J connectivity index is 1.56. The Morgan fingerprint density at radius 3 is 2.49 bits per heavy atom. The number of nitrogens with zero attached hydrogens (tertiary/aromatic N) is 2. The Hall–Kier alpha value is -2.88. The smallest absolute Gasteiger partial charge is 0.251 e. The minimum atomic E-state index is -0.479. The predicted molar refractivity (Wildman–Crippen MR) is 151 cm³/mol. The Morgan fingerprint density at radius 1 is 1.13 bits per heavy atom. The van der Waals surface area contributed by atoms with Crippen LogP contribution in [0.3, 0.4) is 0 Å². The molecule has 3 aliphatic rings. The number of ether oxygens (including phenoxy) is 3. The van der Waals surface area contributed by atoms with E-state index in [0.29, 0.717) is 42.6 Å². The van der Waals surface area contributed by atoms with Crippen molar-refractivity contribution in [1.82, 2.24) is 9.88 Å². The molecular weight excluding hydrogens is 496 g/mol. The zero-order valence-electron chi connectivity index (χ0n) is 23.7. The number of carbonyl (C=O) groups excluding carboxylic acids is 1. The summed E-state index contributed by atoms with van der Waals surface area (Å²) >= 11 is 0. The fourth-order valence-corrected chi connectivity index (χ4v) is 6.42. The first kappa shape index (κ1) is 27.7. The number of nitrogens with two attached hydrogens (primary N) is 1. The number of pyridine rings is 1. The lowest BCUT2D eigenvalue weighted by Gasteiger charge is -2.44. The van der Waals surface area contributed by atoms with Gasteiger partial charge in [-0.3, -0.25) is 14.5 Å². The Kier molecular flexibility index (Phi) is 8.30. The predicted octanol–water partition coefficient (Wildman–Crippen LogP) is 2.85. The van der Waals surface area contributed by atoms with Gasteiger partial charge in [-0.25, -0.2) is 0 Å². The van der Waals surface area contributed by atoms with Crippen molar-refractivity contribution < 1.29 is 19.0 Å². The number of likely N-dealkylation sites (N-methyl/N-ethyl adjacent to an activating group) is 1. The standard InChI is InChI=1S/C30H42N4O5/c1-5-34(21-6-9-38-17-21)28-20(4)25(29(31)35)16-27(26(28)15-24-18(2)12-19(3)32-30(24)36)39-23-13-22(14-23)33-7-10-37-11-8-33/h12,16,21-23H,5-11,13-15,17H2,1-4H3,(H2,31,35)(H,32,36). The van der Waals surface area contributed by atoms with Crippen LogP contribution in [0.2, 0.25) is 0 Å². The van der Waals surface area contributed by atoms with Crippen LogP contribution in [-0.4, -0.2) is 80.0 Å². The van der Waals surface area contributed by atoms with E-state index in [2.05, 4.69) is 21.7 Å². The zero-order valence-corrected chi connectivity index (χ0v) is 23.7. The molecule has 2 saturated heterocycles. The summed E-state index contributed by atoms with van der Waals surface area (Å²) < 4.78 is 17.9. The van der Waals surface area contributed by atoms with Gasteiger partial charge in [0.2, 0.25) is 5.91 Å². The number of hydrogen-bond donors (Lipinski definition) is 2. The third-order valence-corrected chi connectivity index (χ3v) is 8.63. The first-order valence-electron chi connectivity index (χ1n) is 14.2. The maximum absolute atomic E-state index is 13.1. The number of aromatic nitrogens is 1. The van der Waals surface area contributed by atoms with Gasteiger partial charge in [-0.1, -0.05) is 0 Å². The average molecular weight is 539 g/mol. The number of primary amides is 1. The fourth-order valence-electron chi connectivity index (χ4n) is 6.42. The van der Waals surface area contributed by atoms with E-state index >= 15 is 0 Å². The van der Waals surface area contributed by atoms with Crippen molar-refractivity contribution >= 4 is 11.6 Å². The molecule has 0 spiro atoms. The fraction of sp³-hybridized carbons (Fsp3) is 0.600. The van der Waals surface area contributed by atoms with Gasteiger partial charge in [0.1, 0.15) is 11.9 Å². The number of rotatable bonds is 9. The van der Waals surface area contributed by atoms with E-state index in [9.17, 15) is 9.59 Å². The van der Waals surface area contributed by atoms with Crippen LogP contribution in [0.4, 0.5) is 5.69 Å². The first-order chi connectivity index (χ1) is 18.8. The normalized spacial score (nSPS) is 23.4. The summed E-state index contributed by atoms with van der Waals surface area (Å²) in [7, 11) is 0. The molecule has 1 aromatic heterocycles. The van der Waals surface area contributed by atoms with E-state index in [-0.39, 0.29) is 17.7 Å². The van der Waals surface area contributed by atoms with Crippen LogP contribution in [0.15, 0.2) is 16.9 Å². The number of morpholine rings is 1. The number of aromatic amines is 1. The zero-order chi connectivity index (χ0) is 27.7. The summed E-state index contributed by atoms with van der Waals surface area (Å²) in [5.41, 5.74) is 11.4. The van der Waals surface area contributed by atoms with Crippen LogP contribution in [0.5, 0.6) is 5.75 Å². The molecule has 39 heavy (non-hydrogen) atoms. The van der Waals surface area contributed by atoms with E-state index < -0.39 is 5.91 Å². The van der Waals surface area contributed by atoms with Gasteiger partial charge in [0, 0.05) is 79.6 Å². The number of H-pyrrole nitrogens is 1. The SMILES string of the molecule is CCN(c1c(C)c(C(N)=O)cc(OC2CC(N3CCOCC3)C2)c1Cc1c(C)cc(C)[nH]c1=O)C1CCOC1. The third kappa shape index (κ3) is 5.71. The van der Waals surface area contributed by atoms with Crippen molar-refractivity contribution in [2.24, 2.45) is 5.73 Å². The molecule has 1 aromatic carbocycles. The highest BCUT2D eigenvalue weighted by Crippen LogP contribution is 2.41. The molecule has 9 heteroatoms. The Bertz CT molecular complexity index is 1260. The first-order valence-corrected chi connectivity index (χ1v) is 14.2. The number of nitrogens with one attached hydrogen (secondary N) is 1. The van der Waals surface area contributed by atoms with E-state index in [1.807, 2.05) is 26.8 Å². The molecule has 0 radical (unpaired) electrons. The molecule has 2 aromatic rings. The topological polar surface area (TPSA) is 110 Å². The van der Waals surface area contributed by atoms with Crippen LogP contribution in [0, 0.1) is 20.8 Å². The van der Waals surface area contributed by atoms with Crippen molar-refractivity contribution in [1.29, 1.82) is 0 Å². The molecule has 1 atom stereocenters. The quantitative estimate of drug-likeness (QED) is 0.505. The van der Waals surface area contributed by atoms with Crippen molar-refractivity contribution in [3.63, 3.8) is 0 Å². The molecule has 3 fully saturated rings. The number of hydrogen-bond acceptors (Lipinski definition) is 7. The molecule has 9 nitrogen and oxygen atoms in total. The number of aryl methyl sites for hydroxylation is 2. The van der Waals surface area contributed by atoms with Gasteiger partial charge in [-0.2, -0.15) is 0 Å². The highest BCUT2D eigenvalue weighted by atomic mass is 16.5. The van der Waals surface area contributed by atoms with Crippen molar-refractivity contribution in [3.05, 3.63) is 56.0 Å². The lowest BCUT2D eigenvalue weighted by Crippen LogP contribution is -2.52. The largest absolute Gasteiger partial charge is 0.490 e. The summed E-state index contributed by atoms with van der Waals surface area (Å²) in [4.78, 5) is 33.5. The summed E-state index contributed by atoms with van der Waals surface area (Å²) in [6.45, 7) is 13.4. The van der Waals surface area contributed by atoms with Gasteiger partial charge in [-0.15, -0.1) is 0 Å². The summed E-state index contributed by atoms with van der Waals surface area (Å²) in [6, 6.07) is 4.46. The number of benzene rings is 1. The Labute approximate surface area is 230 Å². The minimum Gasteiger partial charge on any atom is -0.490 e. The molecule has 1 amide bonds. The van der Waals surface area contributed by atoms with E-state index in [1.165, 1.54) is 0 Å².